The number of amides is 2. The highest BCUT2D eigenvalue weighted by Crippen LogP contribution is 2.34. The van der Waals surface area contributed by atoms with Crippen LogP contribution in [0.25, 0.3) is 0 Å². The van der Waals surface area contributed by atoms with Gasteiger partial charge in [-0.2, -0.15) is 0 Å². The summed E-state index contributed by atoms with van der Waals surface area (Å²) >= 11 is 0. The van der Waals surface area contributed by atoms with Crippen LogP contribution in [0.3, 0.4) is 0 Å². The molecule has 4 nitrogen and oxygen atoms in total. The molecule has 0 unspecified atom stereocenters. The SMILES string of the molecule is C[C@@H]1C[C@@H]1NC(=O)[C@@H]1CCC[C@H](C(=O)N[C@H]2C[C@H]2C)C1. The predicted octanol–water partition coefficient (Wildman–Crippen LogP) is 1.84. The molecule has 0 aromatic heterocycles. The Morgan fingerprint density at radius 1 is 0.800 bits per heavy atom. The van der Waals surface area contributed by atoms with Gasteiger partial charge in [-0.15, -0.1) is 0 Å². The zero-order valence-electron chi connectivity index (χ0n) is 12.5. The monoisotopic (exact) mass is 278 g/mol. The largest absolute Gasteiger partial charge is 0.353 e. The number of nitrogens with one attached hydrogen (secondary N) is 2. The van der Waals surface area contributed by atoms with Gasteiger partial charge >= 0.3 is 0 Å². The van der Waals surface area contributed by atoms with Crippen LogP contribution in [0, 0.1) is 23.7 Å². The van der Waals surface area contributed by atoms with Gasteiger partial charge in [0, 0.05) is 23.9 Å². The third-order valence-electron chi connectivity index (χ3n) is 5.29. The topological polar surface area (TPSA) is 58.2 Å². The van der Waals surface area contributed by atoms with Gasteiger partial charge in [-0.05, 0) is 43.9 Å². The van der Waals surface area contributed by atoms with Crippen molar-refractivity contribution in [1.82, 2.24) is 10.6 Å². The average molecular weight is 278 g/mol. The zero-order chi connectivity index (χ0) is 14.3. The molecular formula is C16H26N2O2. The highest BCUT2D eigenvalue weighted by molar-refractivity contribution is 5.83. The maximum absolute atomic E-state index is 12.2. The first-order valence-corrected chi connectivity index (χ1v) is 8.15. The van der Waals surface area contributed by atoms with E-state index in [9.17, 15) is 9.59 Å². The predicted molar refractivity (Wildman–Crippen MR) is 76.9 cm³/mol. The van der Waals surface area contributed by atoms with E-state index in [2.05, 4.69) is 24.5 Å². The summed E-state index contributed by atoms with van der Waals surface area (Å²) < 4.78 is 0. The van der Waals surface area contributed by atoms with Crippen LogP contribution in [0.1, 0.15) is 52.4 Å². The Bertz CT molecular complexity index is 373. The van der Waals surface area contributed by atoms with E-state index in [0.717, 1.165) is 38.5 Å². The van der Waals surface area contributed by atoms with E-state index < -0.39 is 0 Å². The van der Waals surface area contributed by atoms with Gasteiger partial charge in [-0.1, -0.05) is 20.3 Å². The minimum Gasteiger partial charge on any atom is -0.353 e. The second-order valence-electron chi connectivity index (χ2n) is 7.22. The quantitative estimate of drug-likeness (QED) is 0.824. The summed E-state index contributed by atoms with van der Waals surface area (Å²) in [6.45, 7) is 4.33. The van der Waals surface area contributed by atoms with Crippen molar-refractivity contribution in [3.63, 3.8) is 0 Å². The number of hydrogen-bond donors (Lipinski definition) is 2. The molecule has 0 heterocycles. The number of rotatable bonds is 4. The molecule has 3 aliphatic carbocycles. The van der Waals surface area contributed by atoms with Gasteiger partial charge < -0.3 is 10.6 Å². The fraction of sp³-hybridized carbons (Fsp3) is 0.875. The van der Waals surface area contributed by atoms with Crippen LogP contribution < -0.4 is 10.6 Å². The van der Waals surface area contributed by atoms with E-state index in [4.69, 9.17) is 0 Å². The maximum Gasteiger partial charge on any atom is 0.223 e. The molecule has 20 heavy (non-hydrogen) atoms. The van der Waals surface area contributed by atoms with Crippen LogP contribution in [-0.2, 0) is 9.59 Å². The third kappa shape index (κ3) is 3.15. The standard InChI is InChI=1S/C16H26N2O2/c1-9-6-13(9)17-15(19)11-4-3-5-12(8-11)16(20)18-14-7-10(14)2/h9-14H,3-8H2,1-2H3,(H,17,19)(H,18,20)/t9-,10-,11-,12+,13+,14+/m1/s1. The van der Waals surface area contributed by atoms with Crippen molar-refractivity contribution in [2.24, 2.45) is 23.7 Å². The van der Waals surface area contributed by atoms with Crippen molar-refractivity contribution >= 4 is 11.8 Å². The van der Waals surface area contributed by atoms with E-state index >= 15 is 0 Å². The zero-order valence-corrected chi connectivity index (χ0v) is 12.5. The molecule has 4 heteroatoms. The van der Waals surface area contributed by atoms with Crippen LogP contribution in [-0.4, -0.2) is 23.9 Å². The van der Waals surface area contributed by atoms with Gasteiger partial charge in [0.1, 0.15) is 0 Å². The van der Waals surface area contributed by atoms with Gasteiger partial charge in [-0.25, -0.2) is 0 Å². The molecule has 0 aliphatic heterocycles. The van der Waals surface area contributed by atoms with Crippen LogP contribution in [0.15, 0.2) is 0 Å². The van der Waals surface area contributed by atoms with Crippen LogP contribution in [0.4, 0.5) is 0 Å². The Hall–Kier alpha value is -1.06. The Morgan fingerprint density at radius 3 is 1.55 bits per heavy atom. The van der Waals surface area contributed by atoms with Crippen molar-refractivity contribution < 1.29 is 9.59 Å². The highest BCUT2D eigenvalue weighted by atomic mass is 16.2. The Morgan fingerprint density at radius 2 is 1.20 bits per heavy atom. The second kappa shape index (κ2) is 5.38. The summed E-state index contributed by atoms with van der Waals surface area (Å²) in [5, 5.41) is 6.24. The summed E-state index contributed by atoms with van der Waals surface area (Å²) in [7, 11) is 0. The van der Waals surface area contributed by atoms with Gasteiger partial charge in [0.2, 0.25) is 11.8 Å². The molecule has 0 spiro atoms. The van der Waals surface area contributed by atoms with Crippen molar-refractivity contribution in [3.8, 4) is 0 Å². The van der Waals surface area contributed by atoms with E-state index in [0.29, 0.717) is 23.9 Å². The molecular weight excluding hydrogens is 252 g/mol. The summed E-state index contributed by atoms with van der Waals surface area (Å²) in [5.74, 6) is 1.72. The third-order valence-corrected chi connectivity index (χ3v) is 5.29. The molecule has 3 aliphatic rings. The second-order valence-corrected chi connectivity index (χ2v) is 7.22. The lowest BCUT2D eigenvalue weighted by atomic mass is 9.80. The Kier molecular flexibility index (Phi) is 3.74. The Labute approximate surface area is 121 Å². The van der Waals surface area contributed by atoms with E-state index in [1.807, 2.05) is 0 Å². The van der Waals surface area contributed by atoms with Crippen LogP contribution >= 0.6 is 0 Å². The van der Waals surface area contributed by atoms with Crippen molar-refractivity contribution in [1.29, 1.82) is 0 Å². The summed E-state index contributed by atoms with van der Waals surface area (Å²) in [6.07, 6.45) is 5.84. The van der Waals surface area contributed by atoms with E-state index in [1.54, 1.807) is 0 Å². The molecule has 6 atom stereocenters. The van der Waals surface area contributed by atoms with Gasteiger partial charge in [-0.3, -0.25) is 9.59 Å². The smallest absolute Gasteiger partial charge is 0.223 e. The van der Waals surface area contributed by atoms with E-state index in [1.165, 1.54) is 0 Å². The fourth-order valence-electron chi connectivity index (χ4n) is 3.31. The van der Waals surface area contributed by atoms with E-state index in [-0.39, 0.29) is 23.7 Å². The summed E-state index contributed by atoms with van der Waals surface area (Å²) in [6, 6.07) is 0.785. The number of carbonyl (C=O) groups is 2. The van der Waals surface area contributed by atoms with Gasteiger partial charge in [0.25, 0.3) is 0 Å². The summed E-state index contributed by atoms with van der Waals surface area (Å²) in [4.78, 5) is 24.4. The minimum atomic E-state index is 0.0453. The lowest BCUT2D eigenvalue weighted by Crippen LogP contribution is -2.40. The van der Waals surface area contributed by atoms with Crippen molar-refractivity contribution in [3.05, 3.63) is 0 Å². The van der Waals surface area contributed by atoms with Crippen molar-refractivity contribution in [2.45, 2.75) is 64.5 Å². The molecule has 3 saturated carbocycles. The number of hydrogen-bond acceptors (Lipinski definition) is 2. The van der Waals surface area contributed by atoms with Gasteiger partial charge in [0.05, 0.1) is 0 Å². The molecule has 2 N–H and O–H groups in total. The van der Waals surface area contributed by atoms with Crippen molar-refractivity contribution in [2.75, 3.05) is 0 Å². The molecule has 0 aromatic carbocycles. The molecule has 0 saturated heterocycles. The maximum atomic E-state index is 12.2. The molecule has 0 bridgehead atoms. The first-order chi connectivity index (χ1) is 9.54. The normalized spacial score (nSPS) is 42.7. The van der Waals surface area contributed by atoms with Crippen LogP contribution in [0.5, 0.6) is 0 Å². The highest BCUT2D eigenvalue weighted by Gasteiger charge is 2.39. The molecule has 3 fully saturated rings. The average Bonchev–Trinajstić information content (AvgIpc) is 3.31. The lowest BCUT2D eigenvalue weighted by Gasteiger charge is -2.27. The molecule has 112 valence electrons. The first kappa shape index (κ1) is 13.9. The Balaban J connectivity index is 1.47. The minimum absolute atomic E-state index is 0.0453. The molecule has 0 radical (unpaired) electrons. The molecule has 3 rings (SSSR count). The first-order valence-electron chi connectivity index (χ1n) is 8.15. The van der Waals surface area contributed by atoms with Crippen LogP contribution in [0.2, 0.25) is 0 Å². The molecule has 2 amide bonds. The number of carbonyl (C=O) groups excluding carboxylic acids is 2. The van der Waals surface area contributed by atoms with Gasteiger partial charge in [0.15, 0.2) is 0 Å². The lowest BCUT2D eigenvalue weighted by molar-refractivity contribution is -0.130. The summed E-state index contributed by atoms with van der Waals surface area (Å²) in [5.41, 5.74) is 0. The molecule has 0 aromatic rings. The fourth-order valence-corrected chi connectivity index (χ4v) is 3.31.